The maximum absolute atomic E-state index is 6.59. The van der Waals surface area contributed by atoms with E-state index in [1.165, 1.54) is 27.8 Å². The standard InChI is InChI=1S/C28H24N2O/c1-15-8-9-19-18-6-4-5-7-20(18)28(23(19)14-15)21-10-12-24(29)16(2)26(21)31-27-17(3)25(30)13-11-22(27)28/h4-14H,29-30H2,1-3H3. The predicted octanol–water partition coefficient (Wildman–Crippen LogP) is 6.25. The molecule has 6 rings (SSSR count). The maximum Gasteiger partial charge on any atom is 0.137 e. The van der Waals surface area contributed by atoms with Crippen molar-refractivity contribution in [2.24, 2.45) is 0 Å². The molecule has 0 saturated heterocycles. The lowest BCUT2D eigenvalue weighted by Crippen LogP contribution is -2.33. The Morgan fingerprint density at radius 1 is 0.613 bits per heavy atom. The fourth-order valence-electron chi connectivity index (χ4n) is 5.49. The van der Waals surface area contributed by atoms with Crippen LogP contribution >= 0.6 is 0 Å². The molecule has 3 heteroatoms. The minimum Gasteiger partial charge on any atom is -0.456 e. The first kappa shape index (κ1) is 18.1. The molecule has 4 aromatic carbocycles. The predicted molar refractivity (Wildman–Crippen MR) is 127 cm³/mol. The molecule has 0 atom stereocenters. The van der Waals surface area contributed by atoms with Crippen LogP contribution in [0.1, 0.15) is 38.9 Å². The second-order valence-electron chi connectivity index (χ2n) is 8.76. The molecule has 4 N–H and O–H groups in total. The smallest absolute Gasteiger partial charge is 0.137 e. The molecule has 0 bridgehead atoms. The van der Waals surface area contributed by atoms with Gasteiger partial charge in [-0.3, -0.25) is 0 Å². The Balaban J connectivity index is 1.88. The lowest BCUT2D eigenvalue weighted by molar-refractivity contribution is 0.430. The van der Waals surface area contributed by atoms with Crippen LogP contribution < -0.4 is 16.2 Å². The quantitative estimate of drug-likeness (QED) is 0.294. The van der Waals surface area contributed by atoms with Gasteiger partial charge in [-0.1, -0.05) is 60.2 Å². The summed E-state index contributed by atoms with van der Waals surface area (Å²) in [4.78, 5) is 0. The Bertz CT molecular complexity index is 1360. The molecule has 0 amide bonds. The molecule has 0 saturated carbocycles. The van der Waals surface area contributed by atoms with Crippen LogP contribution in [0.2, 0.25) is 0 Å². The van der Waals surface area contributed by atoms with Gasteiger partial charge in [0.05, 0.1) is 5.41 Å². The Morgan fingerprint density at radius 2 is 1.19 bits per heavy atom. The van der Waals surface area contributed by atoms with Crippen LogP contribution in [0.5, 0.6) is 11.5 Å². The van der Waals surface area contributed by atoms with E-state index in [0.717, 1.165) is 45.1 Å². The third-order valence-corrected chi connectivity index (χ3v) is 7.11. The first-order valence-corrected chi connectivity index (χ1v) is 10.6. The monoisotopic (exact) mass is 404 g/mol. The number of rotatable bonds is 0. The van der Waals surface area contributed by atoms with E-state index in [1.807, 2.05) is 26.0 Å². The summed E-state index contributed by atoms with van der Waals surface area (Å²) in [6.45, 7) is 6.22. The zero-order valence-electron chi connectivity index (χ0n) is 17.9. The number of aryl methyl sites for hydroxylation is 1. The van der Waals surface area contributed by atoms with Crippen LogP contribution in [0.15, 0.2) is 66.7 Å². The van der Waals surface area contributed by atoms with Crippen molar-refractivity contribution in [3.05, 3.63) is 106 Å². The highest BCUT2D eigenvalue weighted by molar-refractivity contribution is 5.90. The minimum absolute atomic E-state index is 0.474. The van der Waals surface area contributed by atoms with E-state index in [2.05, 4.69) is 61.5 Å². The summed E-state index contributed by atoms with van der Waals surface area (Å²) in [5.74, 6) is 1.68. The molecule has 0 unspecified atom stereocenters. The lowest BCUT2D eigenvalue weighted by Gasteiger charge is -2.41. The number of benzene rings is 4. The van der Waals surface area contributed by atoms with Crippen molar-refractivity contribution in [3.63, 3.8) is 0 Å². The molecule has 0 radical (unpaired) electrons. The van der Waals surface area contributed by atoms with Gasteiger partial charge in [0.15, 0.2) is 0 Å². The average Bonchev–Trinajstić information content (AvgIpc) is 3.05. The molecule has 1 aliphatic carbocycles. The summed E-state index contributed by atoms with van der Waals surface area (Å²) in [6, 6.07) is 23.8. The van der Waals surface area contributed by atoms with Gasteiger partial charge in [0.25, 0.3) is 0 Å². The van der Waals surface area contributed by atoms with Crippen LogP contribution in [0.4, 0.5) is 11.4 Å². The third-order valence-electron chi connectivity index (χ3n) is 7.11. The fourth-order valence-corrected chi connectivity index (χ4v) is 5.49. The van der Waals surface area contributed by atoms with Gasteiger partial charge in [0.1, 0.15) is 11.5 Å². The zero-order chi connectivity index (χ0) is 21.5. The zero-order valence-corrected chi connectivity index (χ0v) is 17.9. The van der Waals surface area contributed by atoms with Crippen LogP contribution in [0, 0.1) is 20.8 Å². The normalized spacial score (nSPS) is 14.4. The third kappa shape index (κ3) is 2.08. The molecular formula is C28H24N2O. The molecular weight excluding hydrogens is 380 g/mol. The first-order chi connectivity index (χ1) is 14.9. The first-order valence-electron chi connectivity index (χ1n) is 10.6. The topological polar surface area (TPSA) is 61.3 Å². The molecule has 152 valence electrons. The summed E-state index contributed by atoms with van der Waals surface area (Å²) >= 11 is 0. The van der Waals surface area contributed by atoms with Crippen LogP contribution in [-0.2, 0) is 5.41 Å². The molecule has 4 aromatic rings. The van der Waals surface area contributed by atoms with E-state index in [4.69, 9.17) is 16.2 Å². The molecule has 1 heterocycles. The molecule has 0 fully saturated rings. The summed E-state index contributed by atoms with van der Waals surface area (Å²) in [5.41, 5.74) is 24.2. The Hall–Kier alpha value is -3.72. The number of anilines is 2. The van der Waals surface area contributed by atoms with Gasteiger partial charge >= 0.3 is 0 Å². The van der Waals surface area contributed by atoms with Crippen LogP contribution in [-0.4, -0.2) is 0 Å². The van der Waals surface area contributed by atoms with Gasteiger partial charge in [-0.25, -0.2) is 0 Å². The number of ether oxygens (including phenoxy) is 1. The highest BCUT2D eigenvalue weighted by atomic mass is 16.5. The number of nitrogen functional groups attached to an aromatic ring is 2. The van der Waals surface area contributed by atoms with E-state index >= 15 is 0 Å². The van der Waals surface area contributed by atoms with Crippen molar-refractivity contribution in [2.45, 2.75) is 26.2 Å². The SMILES string of the molecule is Cc1ccc2c(c1)C1(c3ccccc3-2)c2ccc(N)c(C)c2Oc2c1ccc(N)c2C. The number of hydrogen-bond acceptors (Lipinski definition) is 3. The van der Waals surface area contributed by atoms with Crippen molar-refractivity contribution in [1.82, 2.24) is 0 Å². The Labute approximate surface area is 182 Å². The molecule has 3 nitrogen and oxygen atoms in total. The Morgan fingerprint density at radius 3 is 1.84 bits per heavy atom. The van der Waals surface area contributed by atoms with Crippen molar-refractivity contribution in [3.8, 4) is 22.6 Å². The molecule has 2 aliphatic rings. The van der Waals surface area contributed by atoms with Crippen molar-refractivity contribution < 1.29 is 4.74 Å². The molecule has 31 heavy (non-hydrogen) atoms. The van der Waals surface area contributed by atoms with Gasteiger partial charge < -0.3 is 16.2 Å². The number of nitrogens with two attached hydrogens (primary N) is 2. The number of fused-ring (bicyclic) bond motifs is 9. The molecule has 1 spiro atoms. The van der Waals surface area contributed by atoms with E-state index in [9.17, 15) is 0 Å². The second kappa shape index (κ2) is 5.92. The van der Waals surface area contributed by atoms with Crippen molar-refractivity contribution >= 4 is 11.4 Å². The van der Waals surface area contributed by atoms with Gasteiger partial charge in [-0.15, -0.1) is 0 Å². The highest BCUT2D eigenvalue weighted by Gasteiger charge is 2.51. The van der Waals surface area contributed by atoms with Gasteiger partial charge in [-0.2, -0.15) is 0 Å². The Kier molecular flexibility index (Phi) is 3.45. The van der Waals surface area contributed by atoms with Crippen LogP contribution in [0.25, 0.3) is 11.1 Å². The summed E-state index contributed by atoms with van der Waals surface area (Å²) in [6.07, 6.45) is 0. The van der Waals surface area contributed by atoms with E-state index in [0.29, 0.717) is 0 Å². The summed E-state index contributed by atoms with van der Waals surface area (Å²) < 4.78 is 6.59. The van der Waals surface area contributed by atoms with E-state index in [-0.39, 0.29) is 0 Å². The van der Waals surface area contributed by atoms with Crippen molar-refractivity contribution in [1.29, 1.82) is 0 Å². The highest BCUT2D eigenvalue weighted by Crippen LogP contribution is 2.63. The number of hydrogen-bond donors (Lipinski definition) is 2. The maximum atomic E-state index is 6.59. The van der Waals surface area contributed by atoms with Crippen LogP contribution in [0.3, 0.4) is 0 Å². The van der Waals surface area contributed by atoms with Gasteiger partial charge in [0, 0.05) is 33.6 Å². The lowest BCUT2D eigenvalue weighted by atomic mass is 9.65. The largest absolute Gasteiger partial charge is 0.456 e. The van der Waals surface area contributed by atoms with E-state index < -0.39 is 5.41 Å². The van der Waals surface area contributed by atoms with Crippen molar-refractivity contribution in [2.75, 3.05) is 11.5 Å². The summed E-state index contributed by atoms with van der Waals surface area (Å²) in [7, 11) is 0. The van der Waals surface area contributed by atoms with E-state index in [1.54, 1.807) is 0 Å². The minimum atomic E-state index is -0.474. The average molecular weight is 405 g/mol. The molecule has 1 aliphatic heterocycles. The second-order valence-corrected chi connectivity index (χ2v) is 8.76. The van der Waals surface area contributed by atoms with Gasteiger partial charge in [0.2, 0.25) is 0 Å². The summed E-state index contributed by atoms with van der Waals surface area (Å²) in [5, 5.41) is 0. The van der Waals surface area contributed by atoms with Gasteiger partial charge in [-0.05, 0) is 55.2 Å². The molecule has 0 aromatic heterocycles. The fraction of sp³-hybridized carbons (Fsp3) is 0.143.